The lowest BCUT2D eigenvalue weighted by Crippen LogP contribution is -2.56. The molecule has 1 saturated heterocycles. The number of hydrogen-bond acceptors (Lipinski definition) is 7. The van der Waals surface area contributed by atoms with Crippen molar-refractivity contribution in [3.05, 3.63) is 18.2 Å². The second kappa shape index (κ2) is 11.1. The van der Waals surface area contributed by atoms with Gasteiger partial charge in [-0.25, -0.2) is 9.78 Å². The number of carboxylic acid groups (broad SMARTS) is 1. The number of aliphatic carboxylic acids is 1. The number of carbonyl (C=O) groups is 5. The molecule has 3 atom stereocenters. The van der Waals surface area contributed by atoms with E-state index in [0.717, 1.165) is 0 Å². The van der Waals surface area contributed by atoms with Crippen LogP contribution in [0.2, 0.25) is 0 Å². The molecule has 1 aliphatic heterocycles. The van der Waals surface area contributed by atoms with Gasteiger partial charge in [0.2, 0.25) is 23.6 Å². The number of rotatable bonds is 11. The summed E-state index contributed by atoms with van der Waals surface area (Å²) >= 11 is 0. The molecule has 0 aromatic carbocycles. The third-order valence-corrected chi connectivity index (χ3v) is 4.93. The van der Waals surface area contributed by atoms with Gasteiger partial charge in [0, 0.05) is 31.3 Å². The van der Waals surface area contributed by atoms with Gasteiger partial charge in [-0.2, -0.15) is 0 Å². The smallest absolute Gasteiger partial charge is 0.326 e. The van der Waals surface area contributed by atoms with Gasteiger partial charge in [0.05, 0.1) is 12.9 Å². The van der Waals surface area contributed by atoms with Crippen LogP contribution in [0.3, 0.4) is 0 Å². The first kappa shape index (κ1) is 23.8. The molecule has 170 valence electrons. The first-order valence-electron chi connectivity index (χ1n) is 9.81. The van der Waals surface area contributed by atoms with Crippen LogP contribution in [0.15, 0.2) is 12.5 Å². The molecule has 1 aliphatic rings. The van der Waals surface area contributed by atoms with Gasteiger partial charge in [-0.3, -0.25) is 19.2 Å². The molecule has 4 amide bonds. The van der Waals surface area contributed by atoms with Crippen LogP contribution in [0.1, 0.15) is 31.4 Å². The summed E-state index contributed by atoms with van der Waals surface area (Å²) in [6.07, 6.45) is 3.57. The Morgan fingerprint density at radius 2 is 2.00 bits per heavy atom. The van der Waals surface area contributed by atoms with Crippen LogP contribution in [0.4, 0.5) is 0 Å². The molecule has 0 aliphatic carbocycles. The highest BCUT2D eigenvalue weighted by atomic mass is 16.4. The molecule has 0 radical (unpaired) electrons. The van der Waals surface area contributed by atoms with Gasteiger partial charge < -0.3 is 37.1 Å². The minimum atomic E-state index is -1.31. The number of nitrogens with zero attached hydrogens (tertiary/aromatic N) is 2. The van der Waals surface area contributed by atoms with Crippen molar-refractivity contribution in [2.45, 2.75) is 50.2 Å². The van der Waals surface area contributed by atoms with Gasteiger partial charge in [0.15, 0.2) is 0 Å². The molecule has 3 unspecified atom stereocenters. The number of nitrogens with one attached hydrogen (secondary N) is 3. The fourth-order valence-electron chi connectivity index (χ4n) is 3.38. The van der Waals surface area contributed by atoms with Crippen LogP contribution in [-0.4, -0.2) is 80.8 Å². The Kier molecular flexibility index (Phi) is 8.49. The maximum atomic E-state index is 13.2. The first-order valence-corrected chi connectivity index (χ1v) is 9.81. The normalized spacial score (nSPS) is 17.6. The Balaban J connectivity index is 2.11. The third kappa shape index (κ3) is 6.77. The molecular weight excluding hydrogens is 410 g/mol. The molecule has 13 heteroatoms. The largest absolute Gasteiger partial charge is 0.480 e. The van der Waals surface area contributed by atoms with Crippen LogP contribution < -0.4 is 22.1 Å². The summed E-state index contributed by atoms with van der Waals surface area (Å²) in [5.41, 5.74) is 11.0. The van der Waals surface area contributed by atoms with Crippen molar-refractivity contribution in [2.24, 2.45) is 11.5 Å². The highest BCUT2D eigenvalue weighted by Crippen LogP contribution is 2.20. The minimum absolute atomic E-state index is 0.117. The molecule has 31 heavy (non-hydrogen) atoms. The fraction of sp³-hybridized carbons (Fsp3) is 0.556. The lowest BCUT2D eigenvalue weighted by atomic mass is 10.1. The van der Waals surface area contributed by atoms with Crippen molar-refractivity contribution in [1.29, 1.82) is 0 Å². The Morgan fingerprint density at radius 1 is 1.26 bits per heavy atom. The Hall–Kier alpha value is -3.48. The standard InChI is InChI=1S/C18H27N7O6/c19-7-15(27)23-12(6-10-8-21-9-22-10)17(29)25-5-1-2-13(25)16(28)24-11(18(30)31)3-4-14(20)26/h8-9,11-13H,1-7,19H2,(H2,20,26)(H,21,22)(H,23,27)(H,24,28)(H,30,31). The molecule has 8 N–H and O–H groups in total. The van der Waals surface area contributed by atoms with E-state index in [1.54, 1.807) is 0 Å². The van der Waals surface area contributed by atoms with Crippen LogP contribution >= 0.6 is 0 Å². The summed E-state index contributed by atoms with van der Waals surface area (Å²) in [6.45, 7) is -0.0370. The molecule has 0 spiro atoms. The zero-order valence-corrected chi connectivity index (χ0v) is 16.9. The molecular formula is C18H27N7O6. The van der Waals surface area contributed by atoms with Crippen LogP contribution in [0.5, 0.6) is 0 Å². The number of likely N-dealkylation sites (tertiary alicyclic amines) is 1. The molecule has 1 aromatic heterocycles. The number of carbonyl (C=O) groups excluding carboxylic acids is 4. The second-order valence-corrected chi connectivity index (χ2v) is 7.20. The number of carboxylic acids is 1. The van der Waals surface area contributed by atoms with E-state index in [9.17, 15) is 29.1 Å². The molecule has 0 bridgehead atoms. The summed E-state index contributed by atoms with van der Waals surface area (Å²) in [6, 6.07) is -3.19. The number of aromatic amines is 1. The summed E-state index contributed by atoms with van der Waals surface area (Å²) in [7, 11) is 0. The molecule has 1 aromatic rings. The average molecular weight is 437 g/mol. The topological polar surface area (TPSA) is 214 Å². The fourth-order valence-corrected chi connectivity index (χ4v) is 3.38. The first-order chi connectivity index (χ1) is 14.7. The van der Waals surface area contributed by atoms with Gasteiger partial charge in [0.1, 0.15) is 18.1 Å². The van der Waals surface area contributed by atoms with Gasteiger partial charge in [-0.1, -0.05) is 0 Å². The van der Waals surface area contributed by atoms with Crippen molar-refractivity contribution >= 4 is 29.6 Å². The van der Waals surface area contributed by atoms with E-state index >= 15 is 0 Å². The SMILES string of the molecule is NCC(=O)NC(Cc1cnc[nH]1)C(=O)N1CCCC1C(=O)NC(CCC(N)=O)C(=O)O. The third-order valence-electron chi connectivity index (χ3n) is 4.93. The van der Waals surface area contributed by atoms with Gasteiger partial charge in [0.25, 0.3) is 0 Å². The van der Waals surface area contributed by atoms with E-state index in [0.29, 0.717) is 18.5 Å². The van der Waals surface area contributed by atoms with Gasteiger partial charge in [-0.15, -0.1) is 0 Å². The minimum Gasteiger partial charge on any atom is -0.480 e. The van der Waals surface area contributed by atoms with Crippen molar-refractivity contribution < 1.29 is 29.1 Å². The van der Waals surface area contributed by atoms with E-state index in [1.807, 2.05) is 0 Å². The maximum Gasteiger partial charge on any atom is 0.326 e. The van der Waals surface area contributed by atoms with E-state index in [-0.39, 0.29) is 32.4 Å². The summed E-state index contributed by atoms with van der Waals surface area (Å²) in [5, 5.41) is 14.2. The van der Waals surface area contributed by atoms with Crippen LogP contribution in [0.25, 0.3) is 0 Å². The lowest BCUT2D eigenvalue weighted by molar-refractivity contribution is -0.145. The zero-order valence-electron chi connectivity index (χ0n) is 16.9. The number of imidazole rings is 1. The second-order valence-electron chi connectivity index (χ2n) is 7.20. The Labute approximate surface area is 177 Å². The summed E-state index contributed by atoms with van der Waals surface area (Å²) in [4.78, 5) is 68.1. The zero-order chi connectivity index (χ0) is 23.0. The number of nitrogens with two attached hydrogens (primary N) is 2. The van der Waals surface area contributed by atoms with Crippen LogP contribution in [0, 0.1) is 0 Å². The summed E-state index contributed by atoms with van der Waals surface area (Å²) in [5.74, 6) is -3.66. The summed E-state index contributed by atoms with van der Waals surface area (Å²) < 4.78 is 0. The highest BCUT2D eigenvalue weighted by molar-refractivity contribution is 5.94. The number of aromatic nitrogens is 2. The molecule has 1 fully saturated rings. The Morgan fingerprint density at radius 3 is 2.58 bits per heavy atom. The van der Waals surface area contributed by atoms with Crippen molar-refractivity contribution in [3.63, 3.8) is 0 Å². The van der Waals surface area contributed by atoms with E-state index in [4.69, 9.17) is 11.5 Å². The van der Waals surface area contributed by atoms with Crippen LogP contribution in [-0.2, 0) is 30.4 Å². The number of H-pyrrole nitrogens is 1. The van der Waals surface area contributed by atoms with Crippen molar-refractivity contribution in [2.75, 3.05) is 13.1 Å². The monoisotopic (exact) mass is 437 g/mol. The van der Waals surface area contributed by atoms with Crippen molar-refractivity contribution in [1.82, 2.24) is 25.5 Å². The molecule has 2 rings (SSSR count). The molecule has 0 saturated carbocycles. The number of amides is 4. The van der Waals surface area contributed by atoms with Gasteiger partial charge >= 0.3 is 5.97 Å². The number of primary amides is 1. The van der Waals surface area contributed by atoms with E-state index in [2.05, 4.69) is 20.6 Å². The lowest BCUT2D eigenvalue weighted by Gasteiger charge is -2.29. The molecule has 13 nitrogen and oxygen atoms in total. The number of hydrogen-bond donors (Lipinski definition) is 6. The van der Waals surface area contributed by atoms with E-state index in [1.165, 1.54) is 17.4 Å². The molecule has 2 heterocycles. The highest BCUT2D eigenvalue weighted by Gasteiger charge is 2.38. The van der Waals surface area contributed by atoms with E-state index < -0.39 is 47.7 Å². The average Bonchev–Trinajstić information content (AvgIpc) is 3.41. The van der Waals surface area contributed by atoms with Crippen molar-refractivity contribution in [3.8, 4) is 0 Å². The predicted octanol–water partition coefficient (Wildman–Crippen LogP) is -2.78. The Bertz CT molecular complexity index is 812. The quantitative estimate of drug-likeness (QED) is 0.212. The maximum absolute atomic E-state index is 13.2. The van der Waals surface area contributed by atoms with Gasteiger partial charge in [-0.05, 0) is 19.3 Å². The predicted molar refractivity (Wildman–Crippen MR) is 106 cm³/mol.